The third kappa shape index (κ3) is 3.02. The van der Waals surface area contributed by atoms with Crippen molar-refractivity contribution < 1.29 is 4.74 Å². The fourth-order valence-corrected chi connectivity index (χ4v) is 2.77. The predicted octanol–water partition coefficient (Wildman–Crippen LogP) is 2.43. The molecule has 0 aliphatic heterocycles. The maximum atomic E-state index is 5.28. The maximum Gasteiger partial charge on any atom is 0.119 e. The van der Waals surface area contributed by atoms with Crippen molar-refractivity contribution in [3.63, 3.8) is 0 Å². The molecule has 0 atom stereocenters. The number of ether oxygens (including phenoxy) is 1. The normalized spacial score (nSPS) is 21.4. The molecule has 3 rings (SSSR count). The first-order valence-corrected chi connectivity index (χ1v) is 7.20. The van der Waals surface area contributed by atoms with Crippen LogP contribution in [0, 0.1) is 0 Å². The van der Waals surface area contributed by atoms with Crippen molar-refractivity contribution in [2.45, 2.75) is 31.3 Å². The van der Waals surface area contributed by atoms with Gasteiger partial charge in [-0.05, 0) is 42.5 Å². The van der Waals surface area contributed by atoms with Gasteiger partial charge in [-0.25, -0.2) is 0 Å². The molecule has 0 radical (unpaired) electrons. The Morgan fingerprint density at radius 2 is 2.25 bits per heavy atom. The lowest BCUT2D eigenvalue weighted by Gasteiger charge is -2.36. The van der Waals surface area contributed by atoms with Crippen LogP contribution in [0.4, 0.5) is 0 Å². The van der Waals surface area contributed by atoms with Gasteiger partial charge in [0.15, 0.2) is 0 Å². The third-order valence-corrected chi connectivity index (χ3v) is 4.04. The van der Waals surface area contributed by atoms with Crippen molar-refractivity contribution in [3.8, 4) is 5.75 Å². The maximum absolute atomic E-state index is 5.28. The second-order valence-corrected chi connectivity index (χ2v) is 5.37. The van der Waals surface area contributed by atoms with Crippen molar-refractivity contribution in [2.75, 3.05) is 13.7 Å². The summed E-state index contributed by atoms with van der Waals surface area (Å²) in [5.74, 6) is 1.63. The molecule has 0 spiro atoms. The van der Waals surface area contributed by atoms with Crippen LogP contribution in [0.2, 0.25) is 0 Å². The quantitative estimate of drug-likeness (QED) is 0.877. The van der Waals surface area contributed by atoms with Crippen LogP contribution in [0.1, 0.15) is 24.3 Å². The first-order valence-electron chi connectivity index (χ1n) is 7.20. The number of aromatic nitrogens is 2. The van der Waals surface area contributed by atoms with E-state index in [1.807, 2.05) is 29.2 Å². The molecule has 1 aliphatic carbocycles. The summed E-state index contributed by atoms with van der Waals surface area (Å²) >= 11 is 0. The van der Waals surface area contributed by atoms with Gasteiger partial charge in [0.1, 0.15) is 5.75 Å². The number of rotatable bonds is 6. The lowest BCUT2D eigenvalue weighted by molar-refractivity contribution is 0.286. The van der Waals surface area contributed by atoms with E-state index < -0.39 is 0 Å². The van der Waals surface area contributed by atoms with E-state index in [1.54, 1.807) is 7.11 Å². The number of benzene rings is 1. The van der Waals surface area contributed by atoms with Gasteiger partial charge in [-0.15, -0.1) is 0 Å². The molecule has 1 N–H and O–H groups in total. The van der Waals surface area contributed by atoms with Gasteiger partial charge < -0.3 is 10.1 Å². The Hall–Kier alpha value is -1.81. The minimum absolute atomic E-state index is 0.641. The highest BCUT2D eigenvalue weighted by Gasteiger charge is 2.29. The van der Waals surface area contributed by atoms with Crippen LogP contribution in [-0.2, 0) is 6.54 Å². The minimum Gasteiger partial charge on any atom is -0.497 e. The fraction of sp³-hybridized carbons (Fsp3) is 0.438. The lowest BCUT2D eigenvalue weighted by atomic mass is 9.76. The van der Waals surface area contributed by atoms with Crippen LogP contribution >= 0.6 is 0 Å². The van der Waals surface area contributed by atoms with Gasteiger partial charge in [-0.2, -0.15) is 5.10 Å². The molecule has 0 bridgehead atoms. The predicted molar refractivity (Wildman–Crippen MR) is 79.0 cm³/mol. The van der Waals surface area contributed by atoms with Crippen molar-refractivity contribution in [1.82, 2.24) is 15.1 Å². The second kappa shape index (κ2) is 6.09. The average molecular weight is 271 g/mol. The SMILES string of the molecule is COc1cccc(C2CC(NCCn3cccn3)C2)c1. The van der Waals surface area contributed by atoms with Crippen LogP contribution in [0.3, 0.4) is 0 Å². The van der Waals surface area contributed by atoms with Crippen LogP contribution in [0.25, 0.3) is 0 Å². The summed E-state index contributed by atoms with van der Waals surface area (Å²) in [7, 11) is 1.72. The Balaban J connectivity index is 1.42. The van der Waals surface area contributed by atoms with Crippen molar-refractivity contribution >= 4 is 0 Å². The van der Waals surface area contributed by atoms with Crippen molar-refractivity contribution in [3.05, 3.63) is 48.3 Å². The molecule has 0 saturated heterocycles. The summed E-state index contributed by atoms with van der Waals surface area (Å²) in [6.07, 6.45) is 6.25. The average Bonchev–Trinajstić information content (AvgIpc) is 2.94. The van der Waals surface area contributed by atoms with E-state index in [9.17, 15) is 0 Å². The molecule has 4 nitrogen and oxygen atoms in total. The molecule has 0 amide bonds. The van der Waals surface area contributed by atoms with Crippen LogP contribution in [-0.4, -0.2) is 29.5 Å². The van der Waals surface area contributed by atoms with Crippen LogP contribution in [0.5, 0.6) is 5.75 Å². The van der Waals surface area contributed by atoms with Gasteiger partial charge in [0.05, 0.1) is 13.7 Å². The van der Waals surface area contributed by atoms with E-state index in [0.717, 1.165) is 18.8 Å². The third-order valence-electron chi connectivity index (χ3n) is 4.04. The number of hydrogen-bond donors (Lipinski definition) is 1. The Labute approximate surface area is 119 Å². The highest BCUT2D eigenvalue weighted by Crippen LogP contribution is 2.37. The molecule has 1 aromatic carbocycles. The number of methoxy groups -OCH3 is 1. The molecule has 1 saturated carbocycles. The summed E-state index contributed by atoms with van der Waals surface area (Å²) in [6, 6.07) is 11.0. The number of hydrogen-bond acceptors (Lipinski definition) is 3. The van der Waals surface area contributed by atoms with Gasteiger partial charge in [-0.3, -0.25) is 4.68 Å². The highest BCUT2D eigenvalue weighted by molar-refractivity contribution is 5.32. The second-order valence-electron chi connectivity index (χ2n) is 5.37. The zero-order chi connectivity index (χ0) is 13.8. The van der Waals surface area contributed by atoms with E-state index in [1.165, 1.54) is 18.4 Å². The lowest BCUT2D eigenvalue weighted by Crippen LogP contribution is -2.41. The highest BCUT2D eigenvalue weighted by atomic mass is 16.5. The number of nitrogens with zero attached hydrogens (tertiary/aromatic N) is 2. The molecule has 1 aromatic heterocycles. The monoisotopic (exact) mass is 271 g/mol. The summed E-state index contributed by atoms with van der Waals surface area (Å²) in [5, 5.41) is 7.79. The first-order chi connectivity index (χ1) is 9.85. The summed E-state index contributed by atoms with van der Waals surface area (Å²) < 4.78 is 7.24. The molecule has 20 heavy (non-hydrogen) atoms. The summed E-state index contributed by atoms with van der Waals surface area (Å²) in [6.45, 7) is 1.92. The Kier molecular flexibility index (Phi) is 4.02. The summed E-state index contributed by atoms with van der Waals surface area (Å²) in [5.41, 5.74) is 1.40. The largest absolute Gasteiger partial charge is 0.497 e. The van der Waals surface area contributed by atoms with E-state index in [2.05, 4.69) is 28.6 Å². The zero-order valence-electron chi connectivity index (χ0n) is 11.8. The minimum atomic E-state index is 0.641. The molecule has 0 unspecified atom stereocenters. The van der Waals surface area contributed by atoms with Gasteiger partial charge in [0.2, 0.25) is 0 Å². The Morgan fingerprint density at radius 1 is 1.35 bits per heavy atom. The Bertz CT molecular complexity index is 532. The van der Waals surface area contributed by atoms with Crippen LogP contribution in [0.15, 0.2) is 42.7 Å². The standard InChI is InChI=1S/C16H21N3O/c1-20-16-5-2-4-13(12-16)14-10-15(11-14)17-7-9-19-8-3-6-18-19/h2-6,8,12,14-15,17H,7,9-11H2,1H3. The molecule has 2 aromatic rings. The smallest absolute Gasteiger partial charge is 0.119 e. The zero-order valence-corrected chi connectivity index (χ0v) is 11.8. The van der Waals surface area contributed by atoms with E-state index in [4.69, 9.17) is 4.74 Å². The van der Waals surface area contributed by atoms with E-state index in [-0.39, 0.29) is 0 Å². The molecular weight excluding hydrogens is 250 g/mol. The molecule has 1 fully saturated rings. The van der Waals surface area contributed by atoms with Gasteiger partial charge in [-0.1, -0.05) is 12.1 Å². The van der Waals surface area contributed by atoms with Gasteiger partial charge >= 0.3 is 0 Å². The van der Waals surface area contributed by atoms with Gasteiger partial charge in [0, 0.05) is 25.0 Å². The topological polar surface area (TPSA) is 39.1 Å². The van der Waals surface area contributed by atoms with E-state index >= 15 is 0 Å². The molecule has 1 aliphatic rings. The van der Waals surface area contributed by atoms with E-state index in [0.29, 0.717) is 12.0 Å². The van der Waals surface area contributed by atoms with Crippen LogP contribution < -0.4 is 10.1 Å². The Morgan fingerprint density at radius 3 is 3.00 bits per heavy atom. The molecule has 1 heterocycles. The van der Waals surface area contributed by atoms with Crippen molar-refractivity contribution in [2.24, 2.45) is 0 Å². The summed E-state index contributed by atoms with van der Waals surface area (Å²) in [4.78, 5) is 0. The first kappa shape index (κ1) is 13.2. The molecule has 106 valence electrons. The fourth-order valence-electron chi connectivity index (χ4n) is 2.77. The van der Waals surface area contributed by atoms with Crippen molar-refractivity contribution in [1.29, 1.82) is 0 Å². The van der Waals surface area contributed by atoms with Gasteiger partial charge in [0.25, 0.3) is 0 Å². The molecule has 4 heteroatoms. The molecular formula is C16H21N3O. The number of nitrogens with one attached hydrogen (secondary N) is 1.